The summed E-state index contributed by atoms with van der Waals surface area (Å²) in [6.45, 7) is 0. The molecule has 0 aliphatic carbocycles. The average Bonchev–Trinajstić information content (AvgIpc) is 0. The predicted molar refractivity (Wildman–Crippen MR) is 23.8 cm³/mol. The molecule has 0 unspecified atom stereocenters. The standard InChI is InChI=1S/2FH.Mg.5H2O/h2*1H;;5*1H2/q;;+2;;;;;/p-2. The smallest absolute Gasteiger partial charge is 1.00 e. The van der Waals surface area contributed by atoms with Gasteiger partial charge in [-0.2, -0.15) is 0 Å². The topological polar surface area (TPSA) is 158 Å². The molecule has 0 rings (SSSR count). The van der Waals surface area contributed by atoms with Gasteiger partial charge < -0.3 is 36.8 Å². The van der Waals surface area contributed by atoms with Crippen LogP contribution < -0.4 is 9.41 Å². The van der Waals surface area contributed by atoms with Gasteiger partial charge in [-0.15, -0.1) is 0 Å². The molecule has 0 bridgehead atoms. The van der Waals surface area contributed by atoms with Crippen molar-refractivity contribution in [3.05, 3.63) is 0 Å². The fourth-order valence-corrected chi connectivity index (χ4v) is 0. The van der Waals surface area contributed by atoms with Gasteiger partial charge in [-0.05, 0) is 0 Å². The molecule has 0 saturated heterocycles. The van der Waals surface area contributed by atoms with Gasteiger partial charge in [0.05, 0.1) is 0 Å². The maximum atomic E-state index is 0. The maximum Gasteiger partial charge on any atom is 2.00 e. The average molecular weight is 152 g/mol. The summed E-state index contributed by atoms with van der Waals surface area (Å²) in [5.41, 5.74) is 0. The molecule has 0 aromatic heterocycles. The van der Waals surface area contributed by atoms with Crippen molar-refractivity contribution < 1.29 is 36.8 Å². The Kier molecular flexibility index (Phi) is 540000. The van der Waals surface area contributed by atoms with Gasteiger partial charge in [0, 0.05) is 0 Å². The van der Waals surface area contributed by atoms with Gasteiger partial charge in [-0.3, -0.25) is 0 Å². The summed E-state index contributed by atoms with van der Waals surface area (Å²) in [4.78, 5) is 0. The minimum atomic E-state index is 0. The summed E-state index contributed by atoms with van der Waals surface area (Å²) in [6, 6.07) is 0. The molecule has 0 spiro atoms. The Hall–Kier alpha value is 0.426. The Labute approximate surface area is 60.5 Å². The molecule has 0 aromatic rings. The van der Waals surface area contributed by atoms with Crippen molar-refractivity contribution in [3.63, 3.8) is 0 Å². The molecule has 5 nitrogen and oxygen atoms in total. The first kappa shape index (κ1) is 2560. The zero-order valence-electron chi connectivity index (χ0n) is 3.96. The molecule has 0 aliphatic rings. The summed E-state index contributed by atoms with van der Waals surface area (Å²) in [5, 5.41) is 0. The van der Waals surface area contributed by atoms with Crippen molar-refractivity contribution in [2.75, 3.05) is 0 Å². The molecule has 0 amide bonds. The molecule has 0 radical (unpaired) electrons. The van der Waals surface area contributed by atoms with E-state index in [0.717, 1.165) is 0 Å². The van der Waals surface area contributed by atoms with Crippen LogP contribution >= 0.6 is 0 Å². The van der Waals surface area contributed by atoms with Crippen LogP contribution in [-0.2, 0) is 0 Å². The van der Waals surface area contributed by atoms with E-state index in [1.54, 1.807) is 0 Å². The molecule has 0 aromatic carbocycles. The van der Waals surface area contributed by atoms with Crippen LogP contribution in [0, 0.1) is 0 Å². The zero-order chi connectivity index (χ0) is 0. The van der Waals surface area contributed by atoms with E-state index in [1.807, 2.05) is 0 Å². The number of rotatable bonds is 0. The largest absolute Gasteiger partial charge is 2.00 e. The van der Waals surface area contributed by atoms with Gasteiger partial charge in [0.15, 0.2) is 0 Å². The first-order valence-corrected chi connectivity index (χ1v) is 0. The second kappa shape index (κ2) is 1690. The van der Waals surface area contributed by atoms with Crippen LogP contribution in [0.4, 0.5) is 0 Å². The quantitative estimate of drug-likeness (QED) is 0.302. The van der Waals surface area contributed by atoms with Gasteiger partial charge in [0.2, 0.25) is 0 Å². The SMILES string of the molecule is O.O.O.O.O.[F-].[F-].[Mg+2]. The van der Waals surface area contributed by atoms with Gasteiger partial charge in [0.25, 0.3) is 0 Å². The third kappa shape index (κ3) is 1040. The van der Waals surface area contributed by atoms with Crippen LogP contribution in [0.3, 0.4) is 0 Å². The molecular formula is H10F2MgO5. The van der Waals surface area contributed by atoms with Crippen molar-refractivity contribution in [2.24, 2.45) is 0 Å². The van der Waals surface area contributed by atoms with Crippen molar-refractivity contribution >= 4 is 23.1 Å². The first-order chi connectivity index (χ1) is 0. The van der Waals surface area contributed by atoms with Crippen LogP contribution in [0.2, 0.25) is 0 Å². The zero-order valence-corrected chi connectivity index (χ0v) is 5.38. The summed E-state index contributed by atoms with van der Waals surface area (Å²) in [6.07, 6.45) is 0. The minimum Gasteiger partial charge on any atom is -1.00 e. The van der Waals surface area contributed by atoms with Gasteiger partial charge >= 0.3 is 23.1 Å². The Balaban J connectivity index is 0. The normalized spacial score (nSPS) is 0. The van der Waals surface area contributed by atoms with E-state index in [9.17, 15) is 0 Å². The van der Waals surface area contributed by atoms with E-state index in [0.29, 0.717) is 0 Å². The molecule has 0 atom stereocenters. The third-order valence-electron chi connectivity index (χ3n) is 0. The minimum absolute atomic E-state index is 0. The van der Waals surface area contributed by atoms with Gasteiger partial charge in [0.1, 0.15) is 0 Å². The third-order valence-corrected chi connectivity index (χ3v) is 0. The molecule has 0 fully saturated rings. The Bertz CT molecular complexity index is 10.4. The van der Waals surface area contributed by atoms with E-state index in [4.69, 9.17) is 0 Å². The molecule has 0 saturated carbocycles. The Morgan fingerprint density at radius 3 is 0.375 bits per heavy atom. The molecule has 10 N–H and O–H groups in total. The Morgan fingerprint density at radius 1 is 0.375 bits per heavy atom. The van der Waals surface area contributed by atoms with E-state index in [2.05, 4.69) is 0 Å². The summed E-state index contributed by atoms with van der Waals surface area (Å²) in [5.74, 6) is 0. The maximum absolute atomic E-state index is 0. The summed E-state index contributed by atoms with van der Waals surface area (Å²) < 4.78 is 0. The second-order valence-corrected chi connectivity index (χ2v) is 0. The molecule has 8 heavy (non-hydrogen) atoms. The van der Waals surface area contributed by atoms with Crippen molar-refractivity contribution in [1.82, 2.24) is 0 Å². The fourth-order valence-electron chi connectivity index (χ4n) is 0. The van der Waals surface area contributed by atoms with E-state index < -0.39 is 0 Å². The molecule has 0 heterocycles. The van der Waals surface area contributed by atoms with Crippen LogP contribution in [0.5, 0.6) is 0 Å². The van der Waals surface area contributed by atoms with Crippen LogP contribution in [-0.4, -0.2) is 50.4 Å². The first-order valence-electron chi connectivity index (χ1n) is 0. The van der Waals surface area contributed by atoms with Crippen molar-refractivity contribution in [1.29, 1.82) is 0 Å². The van der Waals surface area contributed by atoms with Crippen LogP contribution in [0.25, 0.3) is 0 Å². The van der Waals surface area contributed by atoms with Gasteiger partial charge in [-0.1, -0.05) is 0 Å². The number of hydrogen-bond donors (Lipinski definition) is 0. The molecule has 56 valence electrons. The second-order valence-electron chi connectivity index (χ2n) is 0. The number of halogens is 2. The van der Waals surface area contributed by atoms with E-state index in [-0.39, 0.29) is 59.8 Å². The fraction of sp³-hybridized carbons (Fsp3) is 0. The predicted octanol–water partition coefficient (Wildman–Crippen LogP) is -10.5. The Morgan fingerprint density at radius 2 is 0.375 bits per heavy atom. The molecule has 0 aliphatic heterocycles. The van der Waals surface area contributed by atoms with E-state index >= 15 is 0 Å². The van der Waals surface area contributed by atoms with Gasteiger partial charge in [-0.25, -0.2) is 0 Å². The van der Waals surface area contributed by atoms with E-state index in [1.165, 1.54) is 0 Å². The van der Waals surface area contributed by atoms with Crippen LogP contribution in [0.15, 0.2) is 0 Å². The monoisotopic (exact) mass is 152 g/mol. The van der Waals surface area contributed by atoms with Crippen molar-refractivity contribution in [2.45, 2.75) is 0 Å². The summed E-state index contributed by atoms with van der Waals surface area (Å²) in [7, 11) is 0. The molecular weight excluding hydrogens is 142 g/mol. The van der Waals surface area contributed by atoms with Crippen LogP contribution in [0.1, 0.15) is 0 Å². The van der Waals surface area contributed by atoms with Crippen molar-refractivity contribution in [3.8, 4) is 0 Å². The number of hydrogen-bond acceptors (Lipinski definition) is 0. The molecule has 8 heteroatoms. The summed E-state index contributed by atoms with van der Waals surface area (Å²) >= 11 is 0.